The van der Waals surface area contributed by atoms with Crippen LogP contribution in [0.15, 0.2) is 18.3 Å². The summed E-state index contributed by atoms with van der Waals surface area (Å²) in [4.78, 5) is 19.0. The molecule has 16 heavy (non-hydrogen) atoms. The maximum atomic E-state index is 11.6. The number of halogens is 2. The number of H-pyrrole nitrogens is 1. The number of carbonyl (C=O) groups excluding carboxylic acids is 1. The Balaban J connectivity index is 2.18. The molecule has 0 aliphatic rings. The van der Waals surface area contributed by atoms with E-state index in [2.05, 4.69) is 25.5 Å². The van der Waals surface area contributed by atoms with E-state index < -0.39 is 0 Å². The molecule has 8 heteroatoms. The van der Waals surface area contributed by atoms with E-state index in [-0.39, 0.29) is 22.2 Å². The smallest absolute Gasteiger partial charge is 0.274 e. The third-order valence-electron chi connectivity index (χ3n) is 1.65. The largest absolute Gasteiger partial charge is 0.305 e. The van der Waals surface area contributed by atoms with Crippen molar-refractivity contribution >= 4 is 34.9 Å². The molecule has 0 spiro atoms. The quantitative estimate of drug-likeness (QED) is 0.635. The van der Waals surface area contributed by atoms with Crippen LogP contribution in [-0.4, -0.2) is 26.1 Å². The van der Waals surface area contributed by atoms with Crippen molar-refractivity contribution in [2.45, 2.75) is 0 Å². The molecule has 6 nitrogen and oxygen atoms in total. The number of anilines is 1. The summed E-state index contributed by atoms with van der Waals surface area (Å²) in [5.41, 5.74) is 0.311. The average molecular weight is 258 g/mol. The molecule has 82 valence electrons. The van der Waals surface area contributed by atoms with Gasteiger partial charge in [0, 0.05) is 12.3 Å². The molecular formula is C8H5Cl2N5O. The van der Waals surface area contributed by atoms with Crippen molar-refractivity contribution in [1.29, 1.82) is 0 Å². The zero-order chi connectivity index (χ0) is 11.5. The predicted molar refractivity (Wildman–Crippen MR) is 58.6 cm³/mol. The molecule has 1 amide bonds. The molecule has 0 saturated heterocycles. The molecule has 0 aliphatic heterocycles. The van der Waals surface area contributed by atoms with Gasteiger partial charge in [-0.1, -0.05) is 11.6 Å². The monoisotopic (exact) mass is 257 g/mol. The van der Waals surface area contributed by atoms with Crippen LogP contribution in [0.4, 0.5) is 5.82 Å². The van der Waals surface area contributed by atoms with Crippen LogP contribution in [0.1, 0.15) is 10.5 Å². The van der Waals surface area contributed by atoms with E-state index in [4.69, 9.17) is 23.2 Å². The molecule has 0 aliphatic carbocycles. The lowest BCUT2D eigenvalue weighted by atomic mass is 10.4. The van der Waals surface area contributed by atoms with E-state index in [1.165, 1.54) is 18.3 Å². The van der Waals surface area contributed by atoms with Gasteiger partial charge in [0.25, 0.3) is 5.91 Å². The molecule has 0 bridgehead atoms. The Morgan fingerprint density at radius 1 is 1.38 bits per heavy atom. The highest BCUT2D eigenvalue weighted by atomic mass is 35.5. The van der Waals surface area contributed by atoms with E-state index in [0.29, 0.717) is 5.69 Å². The van der Waals surface area contributed by atoms with Gasteiger partial charge in [-0.3, -0.25) is 9.89 Å². The molecular weight excluding hydrogens is 253 g/mol. The van der Waals surface area contributed by atoms with Crippen LogP contribution >= 0.6 is 23.2 Å². The van der Waals surface area contributed by atoms with Gasteiger partial charge in [-0.15, -0.1) is 0 Å². The molecule has 2 aromatic rings. The van der Waals surface area contributed by atoms with Crippen LogP contribution in [0.3, 0.4) is 0 Å². The van der Waals surface area contributed by atoms with Crippen LogP contribution < -0.4 is 5.32 Å². The Morgan fingerprint density at radius 3 is 2.81 bits per heavy atom. The number of rotatable bonds is 2. The fourth-order valence-electron chi connectivity index (χ4n) is 1.02. The standard InChI is InChI=1S/C8H5Cl2N5O/c9-5-3-6(14-8(10)12-5)13-7(16)4-1-2-11-15-4/h1-3H,(H,11,15)(H,12,13,14,16). The first kappa shape index (κ1) is 10.8. The van der Waals surface area contributed by atoms with Crippen LogP contribution in [0.5, 0.6) is 0 Å². The molecule has 2 aromatic heterocycles. The van der Waals surface area contributed by atoms with E-state index in [1.54, 1.807) is 0 Å². The molecule has 0 unspecified atom stereocenters. The first-order valence-corrected chi connectivity index (χ1v) is 4.91. The van der Waals surface area contributed by atoms with Crippen molar-refractivity contribution in [1.82, 2.24) is 20.2 Å². The fourth-order valence-corrected chi connectivity index (χ4v) is 1.43. The first-order chi connectivity index (χ1) is 7.65. The van der Waals surface area contributed by atoms with Crippen molar-refractivity contribution in [2.75, 3.05) is 5.32 Å². The van der Waals surface area contributed by atoms with Gasteiger partial charge in [-0.2, -0.15) is 5.10 Å². The SMILES string of the molecule is O=C(Nc1cc(Cl)nc(Cl)n1)c1ccn[nH]1. The number of nitrogens with one attached hydrogen (secondary N) is 2. The molecule has 0 aromatic carbocycles. The Labute approximate surface area is 100 Å². The number of carbonyl (C=O) groups is 1. The number of amides is 1. The van der Waals surface area contributed by atoms with Gasteiger partial charge in [0.15, 0.2) is 0 Å². The highest BCUT2D eigenvalue weighted by Crippen LogP contribution is 2.14. The van der Waals surface area contributed by atoms with Gasteiger partial charge in [0.05, 0.1) is 0 Å². The van der Waals surface area contributed by atoms with Gasteiger partial charge in [-0.25, -0.2) is 9.97 Å². The average Bonchev–Trinajstić information content (AvgIpc) is 2.68. The van der Waals surface area contributed by atoms with E-state index in [0.717, 1.165) is 0 Å². The zero-order valence-corrected chi connectivity index (χ0v) is 9.25. The predicted octanol–water partition coefficient (Wildman–Crippen LogP) is 1.76. The van der Waals surface area contributed by atoms with Gasteiger partial charge < -0.3 is 5.32 Å². The summed E-state index contributed by atoms with van der Waals surface area (Å²) >= 11 is 11.2. The minimum atomic E-state index is -0.386. The summed E-state index contributed by atoms with van der Waals surface area (Å²) < 4.78 is 0. The third-order valence-corrected chi connectivity index (χ3v) is 2.02. The summed E-state index contributed by atoms with van der Waals surface area (Å²) in [5, 5.41) is 8.78. The van der Waals surface area contributed by atoms with Gasteiger partial charge in [-0.05, 0) is 17.7 Å². The molecule has 0 atom stereocenters. The Kier molecular flexibility index (Phi) is 3.02. The lowest BCUT2D eigenvalue weighted by Crippen LogP contribution is -2.13. The van der Waals surface area contributed by atoms with Crippen molar-refractivity contribution in [3.8, 4) is 0 Å². The van der Waals surface area contributed by atoms with Crippen molar-refractivity contribution in [3.05, 3.63) is 34.5 Å². The Morgan fingerprint density at radius 2 is 2.19 bits per heavy atom. The summed E-state index contributed by atoms with van der Waals surface area (Å²) in [6.07, 6.45) is 1.47. The van der Waals surface area contributed by atoms with E-state index in [1.807, 2.05) is 0 Å². The van der Waals surface area contributed by atoms with Crippen LogP contribution in [0.25, 0.3) is 0 Å². The van der Waals surface area contributed by atoms with Gasteiger partial charge in [0.2, 0.25) is 5.28 Å². The van der Waals surface area contributed by atoms with Crippen molar-refractivity contribution in [2.24, 2.45) is 0 Å². The molecule has 2 heterocycles. The number of hydrogen-bond donors (Lipinski definition) is 2. The van der Waals surface area contributed by atoms with Crippen molar-refractivity contribution in [3.63, 3.8) is 0 Å². The zero-order valence-electron chi connectivity index (χ0n) is 7.74. The second-order valence-electron chi connectivity index (χ2n) is 2.77. The molecule has 0 radical (unpaired) electrons. The molecule has 0 fully saturated rings. The van der Waals surface area contributed by atoms with Gasteiger partial charge in [0.1, 0.15) is 16.7 Å². The minimum absolute atomic E-state index is 0.0348. The topological polar surface area (TPSA) is 83.6 Å². The number of nitrogens with zero attached hydrogens (tertiary/aromatic N) is 3. The normalized spacial score (nSPS) is 10.1. The molecule has 2 N–H and O–H groups in total. The van der Waals surface area contributed by atoms with Crippen LogP contribution in [0, 0.1) is 0 Å². The van der Waals surface area contributed by atoms with E-state index >= 15 is 0 Å². The maximum absolute atomic E-state index is 11.6. The lowest BCUT2D eigenvalue weighted by Gasteiger charge is -2.02. The summed E-state index contributed by atoms with van der Waals surface area (Å²) in [6, 6.07) is 2.92. The highest BCUT2D eigenvalue weighted by Gasteiger charge is 2.09. The highest BCUT2D eigenvalue weighted by molar-refractivity contribution is 6.32. The van der Waals surface area contributed by atoms with E-state index in [9.17, 15) is 4.79 Å². The van der Waals surface area contributed by atoms with Crippen molar-refractivity contribution < 1.29 is 4.79 Å². The Bertz CT molecular complexity index is 493. The third kappa shape index (κ3) is 2.47. The lowest BCUT2D eigenvalue weighted by molar-refractivity contribution is 0.102. The number of aromatic amines is 1. The minimum Gasteiger partial charge on any atom is -0.305 e. The van der Waals surface area contributed by atoms with Crippen LogP contribution in [0.2, 0.25) is 10.4 Å². The molecule has 0 saturated carbocycles. The second-order valence-corrected chi connectivity index (χ2v) is 3.49. The summed E-state index contributed by atoms with van der Waals surface area (Å²) in [7, 11) is 0. The first-order valence-electron chi connectivity index (χ1n) is 4.16. The summed E-state index contributed by atoms with van der Waals surface area (Å²) in [5.74, 6) is -0.159. The maximum Gasteiger partial charge on any atom is 0.274 e. The number of aromatic nitrogens is 4. The van der Waals surface area contributed by atoms with Crippen LogP contribution in [-0.2, 0) is 0 Å². The Hall–Kier alpha value is -1.66. The molecule has 2 rings (SSSR count). The summed E-state index contributed by atoms with van der Waals surface area (Å²) in [6.45, 7) is 0. The second kappa shape index (κ2) is 4.46. The van der Waals surface area contributed by atoms with Gasteiger partial charge >= 0.3 is 0 Å². The number of hydrogen-bond acceptors (Lipinski definition) is 4. The fraction of sp³-hybridized carbons (Fsp3) is 0.